The molecular formula is C15H11N5. The van der Waals surface area contributed by atoms with Crippen molar-refractivity contribution >= 4 is 33.3 Å². The first-order valence-electron chi connectivity index (χ1n) is 6.31. The maximum absolute atomic E-state index is 4.66. The van der Waals surface area contributed by atoms with Crippen molar-refractivity contribution in [2.45, 2.75) is 0 Å². The van der Waals surface area contributed by atoms with Crippen LogP contribution in [0.25, 0.3) is 21.8 Å². The lowest BCUT2D eigenvalue weighted by molar-refractivity contribution is 1.12. The predicted molar refractivity (Wildman–Crippen MR) is 78.9 cm³/mol. The molecule has 0 amide bonds. The number of aromatic amines is 1. The Kier molecular flexibility index (Phi) is 2.35. The Morgan fingerprint density at radius 1 is 0.950 bits per heavy atom. The highest BCUT2D eigenvalue weighted by molar-refractivity contribution is 6.08. The van der Waals surface area contributed by atoms with Crippen molar-refractivity contribution in [3.8, 4) is 0 Å². The number of hydrogen-bond acceptors (Lipinski definition) is 4. The lowest BCUT2D eigenvalue weighted by Gasteiger charge is -2.08. The Morgan fingerprint density at radius 3 is 2.80 bits per heavy atom. The molecule has 20 heavy (non-hydrogen) atoms. The summed E-state index contributed by atoms with van der Waals surface area (Å²) >= 11 is 0. The van der Waals surface area contributed by atoms with Crippen LogP contribution in [0, 0.1) is 0 Å². The number of hydrogen-bond donors (Lipinski definition) is 2. The number of fused-ring (bicyclic) bond motifs is 3. The number of H-pyrrole nitrogens is 1. The summed E-state index contributed by atoms with van der Waals surface area (Å²) in [4.78, 5) is 8.76. The van der Waals surface area contributed by atoms with Crippen molar-refractivity contribution in [3.63, 3.8) is 0 Å². The summed E-state index contributed by atoms with van der Waals surface area (Å²) in [5.41, 5.74) is 2.73. The average Bonchev–Trinajstić information content (AvgIpc) is 2.98. The molecule has 4 aromatic rings. The van der Waals surface area contributed by atoms with E-state index in [4.69, 9.17) is 0 Å². The molecule has 5 nitrogen and oxygen atoms in total. The first kappa shape index (κ1) is 10.9. The standard InChI is InChI=1S/C15H11N5/c1-2-6-13-11(5-1)12-9-17-20-14(12)15(19-13)18-10-4-3-7-16-8-10/h1-9H,(H,17,20)(H,18,19). The minimum atomic E-state index is 0.754. The van der Waals surface area contributed by atoms with Crippen molar-refractivity contribution in [2.75, 3.05) is 5.32 Å². The van der Waals surface area contributed by atoms with Gasteiger partial charge in [-0.3, -0.25) is 10.1 Å². The van der Waals surface area contributed by atoms with Crippen LogP contribution in [0.1, 0.15) is 0 Å². The Hall–Kier alpha value is -2.95. The number of nitrogens with one attached hydrogen (secondary N) is 2. The third-order valence-electron chi connectivity index (χ3n) is 3.23. The summed E-state index contributed by atoms with van der Waals surface area (Å²) < 4.78 is 0. The zero-order valence-electron chi connectivity index (χ0n) is 10.5. The van der Waals surface area contributed by atoms with Gasteiger partial charge in [-0.05, 0) is 18.2 Å². The second-order valence-corrected chi connectivity index (χ2v) is 4.50. The Morgan fingerprint density at radius 2 is 1.90 bits per heavy atom. The van der Waals surface area contributed by atoms with E-state index < -0.39 is 0 Å². The highest BCUT2D eigenvalue weighted by atomic mass is 15.1. The molecule has 2 N–H and O–H groups in total. The van der Waals surface area contributed by atoms with Gasteiger partial charge in [0.05, 0.1) is 23.6 Å². The van der Waals surface area contributed by atoms with Gasteiger partial charge in [0, 0.05) is 17.0 Å². The van der Waals surface area contributed by atoms with Crippen LogP contribution in [0.15, 0.2) is 55.0 Å². The summed E-state index contributed by atoms with van der Waals surface area (Å²) in [6.07, 6.45) is 5.33. The van der Waals surface area contributed by atoms with Crippen LogP contribution in [-0.4, -0.2) is 20.2 Å². The lowest BCUT2D eigenvalue weighted by Crippen LogP contribution is -1.96. The van der Waals surface area contributed by atoms with E-state index in [9.17, 15) is 0 Å². The van der Waals surface area contributed by atoms with Crippen molar-refractivity contribution in [1.29, 1.82) is 0 Å². The van der Waals surface area contributed by atoms with Gasteiger partial charge in [0.25, 0.3) is 0 Å². The van der Waals surface area contributed by atoms with E-state index in [0.29, 0.717) is 0 Å². The molecule has 3 heterocycles. The van der Waals surface area contributed by atoms with Crippen molar-refractivity contribution in [1.82, 2.24) is 20.2 Å². The second-order valence-electron chi connectivity index (χ2n) is 4.50. The van der Waals surface area contributed by atoms with Gasteiger partial charge in [-0.1, -0.05) is 18.2 Å². The number of aromatic nitrogens is 4. The van der Waals surface area contributed by atoms with Gasteiger partial charge in [-0.25, -0.2) is 4.98 Å². The molecule has 0 bridgehead atoms. The number of nitrogens with zero attached hydrogens (tertiary/aromatic N) is 3. The highest BCUT2D eigenvalue weighted by Gasteiger charge is 2.09. The van der Waals surface area contributed by atoms with Crippen LogP contribution >= 0.6 is 0 Å². The van der Waals surface area contributed by atoms with Gasteiger partial charge < -0.3 is 5.32 Å². The van der Waals surface area contributed by atoms with Crippen molar-refractivity contribution < 1.29 is 0 Å². The molecule has 3 aromatic heterocycles. The summed E-state index contributed by atoms with van der Waals surface area (Å²) in [6, 6.07) is 11.9. The maximum Gasteiger partial charge on any atom is 0.157 e. The average molecular weight is 261 g/mol. The fourth-order valence-corrected chi connectivity index (χ4v) is 2.31. The molecular weight excluding hydrogens is 250 g/mol. The van der Waals surface area contributed by atoms with Gasteiger partial charge >= 0.3 is 0 Å². The van der Waals surface area contributed by atoms with Gasteiger partial charge in [-0.2, -0.15) is 5.10 Å². The van der Waals surface area contributed by atoms with Crippen LogP contribution in [0.2, 0.25) is 0 Å². The quantitative estimate of drug-likeness (QED) is 0.581. The fraction of sp³-hybridized carbons (Fsp3) is 0. The van der Waals surface area contributed by atoms with E-state index in [-0.39, 0.29) is 0 Å². The molecule has 0 unspecified atom stereocenters. The zero-order chi connectivity index (χ0) is 13.4. The largest absolute Gasteiger partial charge is 0.337 e. The van der Waals surface area contributed by atoms with Gasteiger partial charge in [0.1, 0.15) is 5.52 Å². The summed E-state index contributed by atoms with van der Waals surface area (Å²) in [7, 11) is 0. The fourth-order valence-electron chi connectivity index (χ4n) is 2.31. The zero-order valence-corrected chi connectivity index (χ0v) is 10.5. The number of pyridine rings is 2. The van der Waals surface area contributed by atoms with E-state index in [1.165, 1.54) is 0 Å². The molecule has 0 saturated carbocycles. The first-order valence-corrected chi connectivity index (χ1v) is 6.31. The predicted octanol–water partition coefficient (Wildman–Crippen LogP) is 3.25. The third kappa shape index (κ3) is 1.68. The minimum absolute atomic E-state index is 0.754. The molecule has 96 valence electrons. The van der Waals surface area contributed by atoms with E-state index in [1.807, 2.05) is 42.6 Å². The summed E-state index contributed by atoms with van der Waals surface area (Å²) in [5.74, 6) is 0.754. The maximum atomic E-state index is 4.66. The minimum Gasteiger partial charge on any atom is -0.337 e. The Bertz CT molecular complexity index is 882. The smallest absolute Gasteiger partial charge is 0.157 e. The summed E-state index contributed by atoms with van der Waals surface area (Å²) in [6.45, 7) is 0. The SMILES string of the molecule is c1cncc(Nc2nc3ccccc3c3cn[nH]c23)c1. The molecule has 4 rings (SSSR count). The molecule has 0 aliphatic heterocycles. The molecule has 0 aliphatic carbocycles. The van der Waals surface area contributed by atoms with E-state index in [0.717, 1.165) is 33.3 Å². The highest BCUT2D eigenvalue weighted by Crippen LogP contribution is 2.28. The molecule has 0 atom stereocenters. The monoisotopic (exact) mass is 261 g/mol. The molecule has 0 aliphatic rings. The summed E-state index contributed by atoms with van der Waals surface area (Å²) in [5, 5.41) is 12.6. The third-order valence-corrected chi connectivity index (χ3v) is 3.23. The van der Waals surface area contributed by atoms with Crippen molar-refractivity contribution in [3.05, 3.63) is 55.0 Å². The van der Waals surface area contributed by atoms with Crippen molar-refractivity contribution in [2.24, 2.45) is 0 Å². The Balaban J connectivity index is 1.95. The van der Waals surface area contributed by atoms with Gasteiger partial charge in [-0.15, -0.1) is 0 Å². The van der Waals surface area contributed by atoms with Gasteiger partial charge in [0.2, 0.25) is 0 Å². The van der Waals surface area contributed by atoms with E-state index in [2.05, 4.69) is 25.5 Å². The molecule has 0 radical (unpaired) electrons. The Labute approximate surface area is 114 Å². The molecule has 0 spiro atoms. The normalized spacial score (nSPS) is 11.0. The number of benzene rings is 1. The second kappa shape index (κ2) is 4.31. The van der Waals surface area contributed by atoms with Crippen LogP contribution in [0.4, 0.5) is 11.5 Å². The van der Waals surface area contributed by atoms with Crippen LogP contribution in [0.5, 0.6) is 0 Å². The van der Waals surface area contributed by atoms with E-state index >= 15 is 0 Å². The number of anilines is 2. The van der Waals surface area contributed by atoms with Gasteiger partial charge in [0.15, 0.2) is 5.82 Å². The molecule has 0 fully saturated rings. The number of para-hydroxylation sites is 1. The van der Waals surface area contributed by atoms with Crippen LogP contribution in [0.3, 0.4) is 0 Å². The molecule has 1 aromatic carbocycles. The lowest BCUT2D eigenvalue weighted by atomic mass is 10.1. The topological polar surface area (TPSA) is 66.5 Å². The van der Waals surface area contributed by atoms with Crippen LogP contribution < -0.4 is 5.32 Å². The van der Waals surface area contributed by atoms with E-state index in [1.54, 1.807) is 12.4 Å². The molecule has 0 saturated heterocycles. The number of rotatable bonds is 2. The molecule has 5 heteroatoms. The first-order chi connectivity index (χ1) is 9.92. The van der Waals surface area contributed by atoms with Crippen LogP contribution in [-0.2, 0) is 0 Å².